The maximum atomic E-state index is 12.6. The maximum Gasteiger partial charge on any atom is 0.387 e. The van der Waals surface area contributed by atoms with Crippen LogP contribution < -0.4 is 15.4 Å². The number of hydrogen-bond donors (Lipinski definition) is 2. The Kier molecular flexibility index (Phi) is 7.58. The van der Waals surface area contributed by atoms with Crippen LogP contribution in [-0.4, -0.2) is 29.9 Å². The molecular formula is C19H19F2N3O5. The van der Waals surface area contributed by atoms with Crippen molar-refractivity contribution in [1.82, 2.24) is 10.6 Å². The number of non-ortho nitro benzene ring substituents is 1. The SMILES string of the molecule is CCC(NC(=O)CNC(=O)c1cccc([N+](=O)[O-])c1)c1ccccc1OC(F)F. The molecular weight excluding hydrogens is 388 g/mol. The van der Waals surface area contributed by atoms with Gasteiger partial charge in [-0.1, -0.05) is 31.2 Å². The van der Waals surface area contributed by atoms with E-state index in [-0.39, 0.29) is 17.0 Å². The third kappa shape index (κ3) is 6.23. The Morgan fingerprint density at radius 3 is 2.55 bits per heavy atom. The Hall–Kier alpha value is -3.56. The molecule has 0 saturated carbocycles. The van der Waals surface area contributed by atoms with E-state index >= 15 is 0 Å². The largest absolute Gasteiger partial charge is 0.434 e. The molecule has 0 aliphatic heterocycles. The van der Waals surface area contributed by atoms with Gasteiger partial charge in [0.25, 0.3) is 11.6 Å². The van der Waals surface area contributed by atoms with E-state index in [0.717, 1.165) is 6.07 Å². The molecule has 2 rings (SSSR count). The van der Waals surface area contributed by atoms with Gasteiger partial charge < -0.3 is 15.4 Å². The van der Waals surface area contributed by atoms with Crippen molar-refractivity contribution in [2.24, 2.45) is 0 Å². The third-order valence-electron chi connectivity index (χ3n) is 3.98. The summed E-state index contributed by atoms with van der Waals surface area (Å²) in [6.45, 7) is -1.64. The molecule has 0 aliphatic carbocycles. The van der Waals surface area contributed by atoms with Gasteiger partial charge in [0.15, 0.2) is 0 Å². The van der Waals surface area contributed by atoms with Gasteiger partial charge in [-0.3, -0.25) is 19.7 Å². The Balaban J connectivity index is 2.00. The number of benzene rings is 2. The Labute approximate surface area is 165 Å². The average molecular weight is 407 g/mol. The van der Waals surface area contributed by atoms with Crippen LogP contribution >= 0.6 is 0 Å². The van der Waals surface area contributed by atoms with Crippen LogP contribution in [0.3, 0.4) is 0 Å². The zero-order valence-electron chi connectivity index (χ0n) is 15.4. The summed E-state index contributed by atoms with van der Waals surface area (Å²) < 4.78 is 29.6. The monoisotopic (exact) mass is 407 g/mol. The second-order valence-corrected chi connectivity index (χ2v) is 5.93. The van der Waals surface area contributed by atoms with Gasteiger partial charge in [0.1, 0.15) is 5.75 Å². The van der Waals surface area contributed by atoms with E-state index in [0.29, 0.717) is 12.0 Å². The number of nitrogens with one attached hydrogen (secondary N) is 2. The first kappa shape index (κ1) is 21.7. The van der Waals surface area contributed by atoms with Crippen molar-refractivity contribution in [3.63, 3.8) is 0 Å². The number of nitro groups is 1. The van der Waals surface area contributed by atoms with Gasteiger partial charge in [0.05, 0.1) is 17.5 Å². The summed E-state index contributed by atoms with van der Waals surface area (Å²) >= 11 is 0. The van der Waals surface area contributed by atoms with Crippen LogP contribution in [0.2, 0.25) is 0 Å². The summed E-state index contributed by atoms with van der Waals surface area (Å²) in [7, 11) is 0. The first-order valence-electron chi connectivity index (χ1n) is 8.67. The molecule has 0 spiro atoms. The molecule has 1 atom stereocenters. The van der Waals surface area contributed by atoms with Crippen LogP contribution in [0.4, 0.5) is 14.5 Å². The van der Waals surface area contributed by atoms with Gasteiger partial charge in [0.2, 0.25) is 5.91 Å². The number of carbonyl (C=O) groups is 2. The van der Waals surface area contributed by atoms with Gasteiger partial charge in [-0.05, 0) is 18.6 Å². The minimum absolute atomic E-state index is 0.0368. The van der Waals surface area contributed by atoms with E-state index < -0.39 is 35.9 Å². The highest BCUT2D eigenvalue weighted by Crippen LogP contribution is 2.28. The lowest BCUT2D eigenvalue weighted by atomic mass is 10.0. The van der Waals surface area contributed by atoms with Crippen LogP contribution in [0, 0.1) is 10.1 Å². The molecule has 8 nitrogen and oxygen atoms in total. The van der Waals surface area contributed by atoms with Gasteiger partial charge in [-0.15, -0.1) is 0 Å². The van der Waals surface area contributed by atoms with E-state index in [4.69, 9.17) is 0 Å². The molecule has 0 radical (unpaired) electrons. The predicted molar refractivity (Wildman–Crippen MR) is 99.7 cm³/mol. The highest BCUT2D eigenvalue weighted by molar-refractivity contribution is 5.97. The zero-order valence-corrected chi connectivity index (χ0v) is 15.4. The smallest absolute Gasteiger partial charge is 0.387 e. The van der Waals surface area contributed by atoms with Crippen molar-refractivity contribution in [1.29, 1.82) is 0 Å². The molecule has 1 unspecified atom stereocenters. The number of rotatable bonds is 9. The third-order valence-corrected chi connectivity index (χ3v) is 3.98. The molecule has 154 valence electrons. The first-order chi connectivity index (χ1) is 13.8. The van der Waals surface area contributed by atoms with Gasteiger partial charge in [-0.25, -0.2) is 0 Å². The molecule has 0 saturated heterocycles. The summed E-state index contributed by atoms with van der Waals surface area (Å²) in [6, 6.07) is 10.6. The highest BCUT2D eigenvalue weighted by Gasteiger charge is 2.19. The Morgan fingerprint density at radius 1 is 1.17 bits per heavy atom. The molecule has 0 heterocycles. The number of ether oxygens (including phenoxy) is 1. The van der Waals surface area contributed by atoms with Crippen molar-refractivity contribution < 1.29 is 28.0 Å². The number of carbonyl (C=O) groups excluding carboxylic acids is 2. The molecule has 2 amide bonds. The van der Waals surface area contributed by atoms with Crippen molar-refractivity contribution in [3.8, 4) is 5.75 Å². The summed E-state index contributed by atoms with van der Waals surface area (Å²) in [4.78, 5) is 34.5. The second-order valence-electron chi connectivity index (χ2n) is 5.93. The zero-order chi connectivity index (χ0) is 21.4. The summed E-state index contributed by atoms with van der Waals surface area (Å²) in [5.74, 6) is -1.25. The fourth-order valence-corrected chi connectivity index (χ4v) is 2.64. The summed E-state index contributed by atoms with van der Waals surface area (Å²) in [5, 5.41) is 15.8. The number of amides is 2. The summed E-state index contributed by atoms with van der Waals surface area (Å²) in [6.07, 6.45) is 0.397. The number of hydrogen-bond acceptors (Lipinski definition) is 5. The van der Waals surface area contributed by atoms with Crippen LogP contribution in [0.25, 0.3) is 0 Å². The lowest BCUT2D eigenvalue weighted by molar-refractivity contribution is -0.384. The van der Waals surface area contributed by atoms with Gasteiger partial charge in [-0.2, -0.15) is 8.78 Å². The molecule has 2 N–H and O–H groups in total. The lowest BCUT2D eigenvalue weighted by Crippen LogP contribution is -2.38. The van der Waals surface area contributed by atoms with E-state index in [1.165, 1.54) is 30.3 Å². The minimum Gasteiger partial charge on any atom is -0.434 e. The van der Waals surface area contributed by atoms with Gasteiger partial charge >= 0.3 is 6.61 Å². The maximum absolute atomic E-state index is 12.6. The normalized spacial score (nSPS) is 11.6. The first-order valence-corrected chi connectivity index (χ1v) is 8.67. The molecule has 0 fully saturated rings. The Bertz CT molecular complexity index is 892. The summed E-state index contributed by atoms with van der Waals surface area (Å²) in [5.41, 5.74) is 0.173. The van der Waals surface area contributed by atoms with Gasteiger partial charge in [0, 0.05) is 23.3 Å². The van der Waals surface area contributed by atoms with Crippen molar-refractivity contribution in [2.75, 3.05) is 6.54 Å². The number of nitro benzene ring substituents is 1. The fraction of sp³-hybridized carbons (Fsp3) is 0.263. The molecule has 0 bridgehead atoms. The molecule has 10 heteroatoms. The fourth-order valence-electron chi connectivity index (χ4n) is 2.64. The Morgan fingerprint density at radius 2 is 1.90 bits per heavy atom. The van der Waals surface area contributed by atoms with Crippen LogP contribution in [0.1, 0.15) is 35.3 Å². The minimum atomic E-state index is -3.00. The second kappa shape index (κ2) is 10.1. The van der Waals surface area contributed by atoms with Crippen LogP contribution in [-0.2, 0) is 4.79 Å². The number of nitrogens with zero attached hydrogens (tertiary/aromatic N) is 1. The van der Waals surface area contributed by atoms with E-state index in [2.05, 4.69) is 15.4 Å². The number of halogens is 2. The van der Waals surface area contributed by atoms with Crippen molar-refractivity contribution >= 4 is 17.5 Å². The average Bonchev–Trinajstić information content (AvgIpc) is 2.70. The quantitative estimate of drug-likeness (QED) is 0.490. The van der Waals surface area contributed by atoms with E-state index in [1.54, 1.807) is 19.1 Å². The van der Waals surface area contributed by atoms with Crippen molar-refractivity contribution in [3.05, 3.63) is 69.8 Å². The standard InChI is InChI=1S/C19H19F2N3O5/c1-2-15(14-8-3-4-9-16(14)29-19(20)21)23-17(25)11-22-18(26)12-6-5-7-13(10-12)24(27)28/h3-10,15,19H,2,11H2,1H3,(H,22,26)(H,23,25). The van der Waals surface area contributed by atoms with Crippen LogP contribution in [0.5, 0.6) is 5.75 Å². The number of para-hydroxylation sites is 1. The molecule has 2 aromatic carbocycles. The molecule has 29 heavy (non-hydrogen) atoms. The van der Waals surface area contributed by atoms with Crippen LogP contribution in [0.15, 0.2) is 48.5 Å². The lowest BCUT2D eigenvalue weighted by Gasteiger charge is -2.20. The number of alkyl halides is 2. The van der Waals surface area contributed by atoms with E-state index in [9.17, 15) is 28.5 Å². The highest BCUT2D eigenvalue weighted by atomic mass is 19.3. The van der Waals surface area contributed by atoms with Crippen molar-refractivity contribution in [2.45, 2.75) is 26.0 Å². The predicted octanol–water partition coefficient (Wildman–Crippen LogP) is 3.19. The topological polar surface area (TPSA) is 111 Å². The molecule has 0 aromatic heterocycles. The van der Waals surface area contributed by atoms with E-state index in [1.807, 2.05) is 0 Å². The molecule has 2 aromatic rings. The molecule has 0 aliphatic rings.